The van der Waals surface area contributed by atoms with Crippen LogP contribution in [0.15, 0.2) is 42.5 Å². The molecule has 2 aromatic carbocycles. The number of benzene rings is 2. The molecule has 0 aliphatic rings. The molecular weight excluding hydrogens is 292 g/mol. The van der Waals surface area contributed by atoms with Gasteiger partial charge in [0.2, 0.25) is 0 Å². The van der Waals surface area contributed by atoms with Crippen molar-refractivity contribution in [1.82, 2.24) is 0 Å². The number of hydrogen-bond donors (Lipinski definition) is 1. The number of nitro benzene ring substituents is 1. The summed E-state index contributed by atoms with van der Waals surface area (Å²) in [6, 6.07) is 11.5. The first-order chi connectivity index (χ1) is 9.97. The van der Waals surface area contributed by atoms with Crippen LogP contribution >= 0.6 is 11.6 Å². The molecule has 0 saturated heterocycles. The number of nitro groups is 1. The van der Waals surface area contributed by atoms with Gasteiger partial charge >= 0.3 is 0 Å². The fourth-order valence-corrected chi connectivity index (χ4v) is 2.04. The Morgan fingerprint density at radius 1 is 1.24 bits per heavy atom. The van der Waals surface area contributed by atoms with Gasteiger partial charge in [0.15, 0.2) is 5.78 Å². The lowest BCUT2D eigenvalue weighted by Gasteiger charge is -2.06. The van der Waals surface area contributed by atoms with Gasteiger partial charge in [0.05, 0.1) is 11.5 Å². The Labute approximate surface area is 126 Å². The topological polar surface area (TPSA) is 72.2 Å². The van der Waals surface area contributed by atoms with E-state index in [0.29, 0.717) is 11.3 Å². The van der Waals surface area contributed by atoms with Crippen LogP contribution in [0.3, 0.4) is 0 Å². The van der Waals surface area contributed by atoms with Gasteiger partial charge in [0, 0.05) is 17.3 Å². The number of carbonyl (C=O) groups excluding carboxylic acids is 1. The number of rotatable bonds is 5. The number of nitrogens with zero attached hydrogens (tertiary/aromatic N) is 1. The highest BCUT2D eigenvalue weighted by atomic mass is 35.5. The molecule has 6 heteroatoms. The molecule has 108 valence electrons. The van der Waals surface area contributed by atoms with Gasteiger partial charge in [-0.05, 0) is 19.1 Å². The van der Waals surface area contributed by atoms with Crippen molar-refractivity contribution in [1.29, 1.82) is 0 Å². The van der Waals surface area contributed by atoms with E-state index in [1.54, 1.807) is 12.1 Å². The van der Waals surface area contributed by atoms with Crippen LogP contribution in [0.5, 0.6) is 0 Å². The van der Waals surface area contributed by atoms with Crippen LogP contribution in [0.4, 0.5) is 11.4 Å². The maximum absolute atomic E-state index is 12.0. The highest BCUT2D eigenvalue weighted by Gasteiger charge is 2.12. The normalized spacial score (nSPS) is 10.2. The number of Topliss-reactive ketones (excluding diaryl/α,β-unsaturated/α-hetero) is 1. The minimum absolute atomic E-state index is 0.0350. The third kappa shape index (κ3) is 3.79. The average Bonchev–Trinajstić information content (AvgIpc) is 2.45. The molecule has 0 bridgehead atoms. The zero-order chi connectivity index (χ0) is 15.4. The number of carbonyl (C=O) groups is 1. The fraction of sp³-hybridized carbons (Fsp3) is 0.133. The van der Waals surface area contributed by atoms with Crippen molar-refractivity contribution < 1.29 is 9.72 Å². The van der Waals surface area contributed by atoms with Gasteiger partial charge in [0.1, 0.15) is 5.02 Å². The molecule has 2 rings (SSSR count). The van der Waals surface area contributed by atoms with Gasteiger partial charge in [-0.3, -0.25) is 14.9 Å². The van der Waals surface area contributed by atoms with Gasteiger partial charge < -0.3 is 5.32 Å². The van der Waals surface area contributed by atoms with E-state index < -0.39 is 4.92 Å². The van der Waals surface area contributed by atoms with Crippen LogP contribution in [0.2, 0.25) is 5.02 Å². The predicted octanol–water partition coefficient (Wildman–Crippen LogP) is 3.85. The second-order valence-electron chi connectivity index (χ2n) is 4.57. The van der Waals surface area contributed by atoms with Gasteiger partial charge in [0.25, 0.3) is 5.69 Å². The standard InChI is InChI=1S/C15H13ClN2O3/c1-10-2-4-11(5-3-10)15(19)9-17-12-6-7-14(18(20)21)13(16)8-12/h2-8,17H,9H2,1H3. The van der Waals surface area contributed by atoms with Gasteiger partial charge in [-0.1, -0.05) is 41.4 Å². The van der Waals surface area contributed by atoms with Crippen molar-refractivity contribution in [3.8, 4) is 0 Å². The van der Waals surface area contributed by atoms with Crippen molar-refractivity contribution in [2.75, 3.05) is 11.9 Å². The number of hydrogen-bond acceptors (Lipinski definition) is 4. The summed E-state index contributed by atoms with van der Waals surface area (Å²) in [7, 11) is 0. The van der Waals surface area contributed by atoms with E-state index in [2.05, 4.69) is 5.32 Å². The molecule has 0 radical (unpaired) electrons. The summed E-state index contributed by atoms with van der Waals surface area (Å²) in [5.41, 5.74) is 2.10. The summed E-state index contributed by atoms with van der Waals surface area (Å²) in [5, 5.41) is 13.6. The van der Waals surface area contributed by atoms with Crippen molar-refractivity contribution in [2.24, 2.45) is 0 Å². The Morgan fingerprint density at radius 2 is 1.90 bits per heavy atom. The number of anilines is 1. The molecule has 0 atom stereocenters. The number of nitrogens with one attached hydrogen (secondary N) is 1. The lowest BCUT2D eigenvalue weighted by Crippen LogP contribution is -2.14. The second-order valence-corrected chi connectivity index (χ2v) is 4.97. The van der Waals surface area contributed by atoms with Crippen molar-refractivity contribution in [3.63, 3.8) is 0 Å². The van der Waals surface area contributed by atoms with Crippen LogP contribution < -0.4 is 5.32 Å². The van der Waals surface area contributed by atoms with Gasteiger partial charge in [-0.2, -0.15) is 0 Å². The van der Waals surface area contributed by atoms with Crippen molar-refractivity contribution in [3.05, 3.63) is 68.7 Å². The average molecular weight is 305 g/mol. The molecular formula is C15H13ClN2O3. The number of aryl methyl sites for hydroxylation is 1. The maximum Gasteiger partial charge on any atom is 0.288 e. The fourth-order valence-electron chi connectivity index (χ4n) is 1.79. The summed E-state index contributed by atoms with van der Waals surface area (Å²) in [4.78, 5) is 22.1. The molecule has 0 heterocycles. The third-order valence-electron chi connectivity index (χ3n) is 2.97. The lowest BCUT2D eigenvalue weighted by atomic mass is 10.1. The molecule has 0 aliphatic heterocycles. The molecule has 21 heavy (non-hydrogen) atoms. The highest BCUT2D eigenvalue weighted by Crippen LogP contribution is 2.27. The molecule has 1 N–H and O–H groups in total. The van der Waals surface area contributed by atoms with Crippen LogP contribution in [0.1, 0.15) is 15.9 Å². The van der Waals surface area contributed by atoms with E-state index in [-0.39, 0.29) is 23.0 Å². The highest BCUT2D eigenvalue weighted by molar-refractivity contribution is 6.32. The van der Waals surface area contributed by atoms with E-state index in [0.717, 1.165) is 5.56 Å². The third-order valence-corrected chi connectivity index (χ3v) is 3.27. The summed E-state index contributed by atoms with van der Waals surface area (Å²) < 4.78 is 0. The molecule has 0 saturated carbocycles. The minimum atomic E-state index is -0.552. The van der Waals surface area contributed by atoms with Crippen LogP contribution in [-0.4, -0.2) is 17.3 Å². The van der Waals surface area contributed by atoms with Crippen LogP contribution in [-0.2, 0) is 0 Å². The van der Waals surface area contributed by atoms with Crippen molar-refractivity contribution in [2.45, 2.75) is 6.92 Å². The Hall–Kier alpha value is -2.40. The lowest BCUT2D eigenvalue weighted by molar-refractivity contribution is -0.384. The number of halogens is 1. The first-order valence-corrected chi connectivity index (χ1v) is 6.63. The summed E-state index contributed by atoms with van der Waals surface area (Å²) in [6.45, 7) is 2.04. The SMILES string of the molecule is Cc1ccc(C(=O)CNc2ccc([N+](=O)[O-])c(Cl)c2)cc1. The second kappa shape index (κ2) is 6.37. The first kappa shape index (κ1) is 15.0. The molecule has 0 aliphatic carbocycles. The monoisotopic (exact) mass is 304 g/mol. The molecule has 2 aromatic rings. The molecule has 0 spiro atoms. The Kier molecular flexibility index (Phi) is 4.55. The molecule has 0 amide bonds. The molecule has 0 fully saturated rings. The predicted molar refractivity (Wildman–Crippen MR) is 82.1 cm³/mol. The largest absolute Gasteiger partial charge is 0.378 e. The maximum atomic E-state index is 12.0. The van der Waals surface area contributed by atoms with E-state index >= 15 is 0 Å². The molecule has 5 nitrogen and oxygen atoms in total. The summed E-state index contributed by atoms with van der Waals surface area (Å²) >= 11 is 5.81. The zero-order valence-corrected chi connectivity index (χ0v) is 12.1. The smallest absolute Gasteiger partial charge is 0.288 e. The molecule has 0 aromatic heterocycles. The van der Waals surface area contributed by atoms with Gasteiger partial charge in [-0.25, -0.2) is 0 Å². The Morgan fingerprint density at radius 3 is 2.48 bits per heavy atom. The first-order valence-electron chi connectivity index (χ1n) is 6.25. The molecule has 0 unspecified atom stereocenters. The quantitative estimate of drug-likeness (QED) is 0.517. The minimum Gasteiger partial charge on any atom is -0.378 e. The van der Waals surface area contributed by atoms with E-state index in [1.165, 1.54) is 18.2 Å². The summed E-state index contributed by atoms with van der Waals surface area (Å²) in [5.74, 6) is -0.0653. The zero-order valence-electron chi connectivity index (χ0n) is 11.3. The van der Waals surface area contributed by atoms with E-state index in [9.17, 15) is 14.9 Å². The van der Waals surface area contributed by atoms with Crippen molar-refractivity contribution >= 4 is 28.8 Å². The Balaban J connectivity index is 2.03. The van der Waals surface area contributed by atoms with Crippen LogP contribution in [0.25, 0.3) is 0 Å². The number of ketones is 1. The van der Waals surface area contributed by atoms with E-state index in [1.807, 2.05) is 19.1 Å². The van der Waals surface area contributed by atoms with E-state index in [4.69, 9.17) is 11.6 Å². The van der Waals surface area contributed by atoms with Crippen LogP contribution in [0, 0.1) is 17.0 Å². The van der Waals surface area contributed by atoms with Gasteiger partial charge in [-0.15, -0.1) is 0 Å². The summed E-state index contributed by atoms with van der Waals surface area (Å²) in [6.07, 6.45) is 0. The Bertz CT molecular complexity index is 684.